The van der Waals surface area contributed by atoms with Crippen molar-refractivity contribution in [2.75, 3.05) is 18.5 Å². The SMILES string of the molecule is CN(CCCCCCCC(=O)O)c1cccc2c1C(=O)N(C1CCC(=O)NC1=O)C2=O. The number of carbonyl (C=O) groups is 5. The van der Waals surface area contributed by atoms with Gasteiger partial charge in [0.2, 0.25) is 11.8 Å². The maximum atomic E-state index is 13.1. The summed E-state index contributed by atoms with van der Waals surface area (Å²) >= 11 is 0. The fourth-order valence-corrected chi connectivity index (χ4v) is 4.09. The number of nitrogens with one attached hydrogen (secondary N) is 1. The van der Waals surface area contributed by atoms with Crippen molar-refractivity contribution in [3.8, 4) is 0 Å². The number of piperidine rings is 1. The zero-order valence-electron chi connectivity index (χ0n) is 17.6. The molecule has 0 aliphatic carbocycles. The van der Waals surface area contributed by atoms with Crippen LogP contribution in [0.3, 0.4) is 0 Å². The van der Waals surface area contributed by atoms with Crippen LogP contribution >= 0.6 is 0 Å². The smallest absolute Gasteiger partial charge is 0.303 e. The molecule has 31 heavy (non-hydrogen) atoms. The summed E-state index contributed by atoms with van der Waals surface area (Å²) in [6.07, 6.45) is 4.69. The minimum Gasteiger partial charge on any atom is -0.481 e. The predicted molar refractivity (Wildman–Crippen MR) is 112 cm³/mol. The first-order valence-corrected chi connectivity index (χ1v) is 10.6. The first-order valence-electron chi connectivity index (χ1n) is 10.6. The Morgan fingerprint density at radius 3 is 2.52 bits per heavy atom. The number of carbonyl (C=O) groups excluding carboxylic acids is 4. The monoisotopic (exact) mass is 429 g/mol. The molecular weight excluding hydrogens is 402 g/mol. The van der Waals surface area contributed by atoms with Crippen LogP contribution < -0.4 is 10.2 Å². The molecule has 1 atom stereocenters. The maximum absolute atomic E-state index is 13.1. The number of nitrogens with zero attached hydrogens (tertiary/aromatic N) is 2. The summed E-state index contributed by atoms with van der Waals surface area (Å²) in [6, 6.07) is 4.11. The predicted octanol–water partition coefficient (Wildman–Crippen LogP) is 1.95. The zero-order valence-corrected chi connectivity index (χ0v) is 17.6. The van der Waals surface area contributed by atoms with Gasteiger partial charge in [0.05, 0.1) is 16.8 Å². The second-order valence-corrected chi connectivity index (χ2v) is 7.98. The topological polar surface area (TPSA) is 124 Å². The van der Waals surface area contributed by atoms with Crippen LogP contribution in [0, 0.1) is 0 Å². The number of aliphatic carboxylic acids is 1. The molecule has 2 aliphatic heterocycles. The molecule has 0 saturated carbocycles. The highest BCUT2D eigenvalue weighted by molar-refractivity contribution is 6.25. The van der Waals surface area contributed by atoms with Crippen LogP contribution in [0.2, 0.25) is 0 Å². The van der Waals surface area contributed by atoms with Crippen molar-refractivity contribution in [2.45, 2.75) is 57.4 Å². The summed E-state index contributed by atoms with van der Waals surface area (Å²) in [4.78, 5) is 63.1. The third-order valence-electron chi connectivity index (χ3n) is 5.74. The molecule has 3 rings (SSSR count). The normalized spacial score (nSPS) is 18.2. The number of anilines is 1. The lowest BCUT2D eigenvalue weighted by Crippen LogP contribution is -2.54. The fourth-order valence-electron chi connectivity index (χ4n) is 4.09. The second kappa shape index (κ2) is 9.72. The Morgan fingerprint density at radius 1 is 1.10 bits per heavy atom. The summed E-state index contributed by atoms with van der Waals surface area (Å²) in [5.41, 5.74) is 1.20. The third kappa shape index (κ3) is 4.92. The van der Waals surface area contributed by atoms with E-state index in [0.717, 1.165) is 30.6 Å². The molecule has 1 aromatic rings. The highest BCUT2D eigenvalue weighted by Crippen LogP contribution is 2.33. The van der Waals surface area contributed by atoms with Crippen molar-refractivity contribution in [3.05, 3.63) is 29.3 Å². The first-order chi connectivity index (χ1) is 14.8. The summed E-state index contributed by atoms with van der Waals surface area (Å²) in [5, 5.41) is 10.9. The number of benzene rings is 1. The molecule has 2 aliphatic rings. The molecule has 0 spiro atoms. The molecule has 9 nitrogen and oxygen atoms in total. The van der Waals surface area contributed by atoms with Crippen LogP contribution in [0.1, 0.15) is 72.1 Å². The molecule has 1 saturated heterocycles. The van der Waals surface area contributed by atoms with E-state index in [4.69, 9.17) is 5.11 Å². The van der Waals surface area contributed by atoms with Crippen LogP contribution in [-0.2, 0) is 14.4 Å². The quantitative estimate of drug-likeness (QED) is 0.430. The zero-order chi connectivity index (χ0) is 22.5. The van der Waals surface area contributed by atoms with E-state index in [1.807, 2.05) is 11.9 Å². The Hall–Kier alpha value is -3.23. The number of hydrogen-bond donors (Lipinski definition) is 2. The minimum absolute atomic E-state index is 0.0863. The number of imide groups is 2. The summed E-state index contributed by atoms with van der Waals surface area (Å²) < 4.78 is 0. The van der Waals surface area contributed by atoms with E-state index in [-0.39, 0.29) is 24.8 Å². The molecule has 0 aromatic heterocycles. The number of carboxylic acid groups (broad SMARTS) is 1. The van der Waals surface area contributed by atoms with E-state index in [0.29, 0.717) is 24.2 Å². The summed E-state index contributed by atoms with van der Waals surface area (Å²) in [5.74, 6) is -2.82. The van der Waals surface area contributed by atoms with Crippen LogP contribution in [-0.4, -0.2) is 59.2 Å². The van der Waals surface area contributed by atoms with Crippen LogP contribution in [0.5, 0.6) is 0 Å². The van der Waals surface area contributed by atoms with Crippen molar-refractivity contribution in [1.82, 2.24) is 10.2 Å². The molecule has 1 fully saturated rings. The lowest BCUT2D eigenvalue weighted by atomic mass is 10.0. The number of unbranched alkanes of at least 4 members (excludes halogenated alkanes) is 4. The Labute approximate surface area is 180 Å². The van der Waals surface area contributed by atoms with Gasteiger partial charge >= 0.3 is 5.97 Å². The Bertz CT molecular complexity index is 913. The molecule has 0 bridgehead atoms. The minimum atomic E-state index is -0.978. The van der Waals surface area contributed by atoms with E-state index < -0.39 is 35.6 Å². The number of hydrogen-bond acceptors (Lipinski definition) is 6. The first kappa shape index (κ1) is 22.5. The van der Waals surface area contributed by atoms with Crippen molar-refractivity contribution in [2.24, 2.45) is 0 Å². The average molecular weight is 429 g/mol. The van der Waals surface area contributed by atoms with Crippen molar-refractivity contribution >= 4 is 35.3 Å². The average Bonchev–Trinajstić information content (AvgIpc) is 2.98. The van der Waals surface area contributed by atoms with Gasteiger partial charge in [-0.1, -0.05) is 25.3 Å². The van der Waals surface area contributed by atoms with Gasteiger partial charge in [-0.15, -0.1) is 0 Å². The van der Waals surface area contributed by atoms with Gasteiger partial charge in [-0.2, -0.15) is 0 Å². The molecule has 2 N–H and O–H groups in total. The van der Waals surface area contributed by atoms with Gasteiger partial charge in [-0.25, -0.2) is 0 Å². The van der Waals surface area contributed by atoms with E-state index >= 15 is 0 Å². The summed E-state index contributed by atoms with van der Waals surface area (Å²) in [7, 11) is 1.85. The Balaban J connectivity index is 1.64. The van der Waals surface area contributed by atoms with Gasteiger partial charge < -0.3 is 10.0 Å². The van der Waals surface area contributed by atoms with Crippen LogP contribution in [0.15, 0.2) is 18.2 Å². The van der Waals surface area contributed by atoms with Gasteiger partial charge in [0.15, 0.2) is 0 Å². The van der Waals surface area contributed by atoms with E-state index in [9.17, 15) is 24.0 Å². The lowest BCUT2D eigenvalue weighted by Gasteiger charge is -2.28. The van der Waals surface area contributed by atoms with Gasteiger partial charge in [0.25, 0.3) is 11.8 Å². The van der Waals surface area contributed by atoms with Crippen LogP contribution in [0.4, 0.5) is 5.69 Å². The Morgan fingerprint density at radius 2 is 1.81 bits per heavy atom. The lowest BCUT2D eigenvalue weighted by molar-refractivity contribution is -0.138. The number of rotatable bonds is 10. The van der Waals surface area contributed by atoms with Crippen LogP contribution in [0.25, 0.3) is 0 Å². The molecule has 4 amide bonds. The Kier molecular flexibility index (Phi) is 7.04. The molecule has 9 heteroatoms. The van der Waals surface area contributed by atoms with Gasteiger partial charge in [-0.3, -0.25) is 34.2 Å². The number of fused-ring (bicyclic) bond motifs is 1. The summed E-state index contributed by atoms with van der Waals surface area (Å²) in [6.45, 7) is 0.676. The van der Waals surface area contributed by atoms with E-state index in [1.165, 1.54) is 0 Å². The van der Waals surface area contributed by atoms with E-state index in [2.05, 4.69) is 5.32 Å². The molecule has 1 unspecified atom stereocenters. The number of carboxylic acids is 1. The van der Waals surface area contributed by atoms with Crippen molar-refractivity contribution < 1.29 is 29.1 Å². The highest BCUT2D eigenvalue weighted by Gasteiger charge is 2.45. The molecule has 0 radical (unpaired) electrons. The maximum Gasteiger partial charge on any atom is 0.303 e. The van der Waals surface area contributed by atoms with Gasteiger partial charge in [0.1, 0.15) is 6.04 Å². The molecule has 2 heterocycles. The standard InChI is InChI=1S/C22H27N3O6/c1-24(13-6-4-2-3-5-10-18(27)28)15-9-7-8-14-19(15)22(31)25(21(14)30)16-11-12-17(26)23-20(16)29/h7-9,16H,2-6,10-13H2,1H3,(H,27,28)(H,23,26,29). The van der Waals surface area contributed by atoms with Crippen molar-refractivity contribution in [1.29, 1.82) is 0 Å². The van der Waals surface area contributed by atoms with E-state index in [1.54, 1.807) is 18.2 Å². The third-order valence-corrected chi connectivity index (χ3v) is 5.74. The largest absolute Gasteiger partial charge is 0.481 e. The second-order valence-electron chi connectivity index (χ2n) is 7.98. The fraction of sp³-hybridized carbons (Fsp3) is 0.500. The molecule has 166 valence electrons. The molecule has 1 aromatic carbocycles. The van der Waals surface area contributed by atoms with Crippen molar-refractivity contribution in [3.63, 3.8) is 0 Å². The molecular formula is C22H27N3O6. The van der Waals surface area contributed by atoms with Gasteiger partial charge in [0, 0.05) is 26.4 Å². The van der Waals surface area contributed by atoms with Gasteiger partial charge in [-0.05, 0) is 31.4 Å². The number of amides is 4. The highest BCUT2D eigenvalue weighted by atomic mass is 16.4.